The van der Waals surface area contributed by atoms with Crippen LogP contribution in [0.5, 0.6) is 0 Å². The van der Waals surface area contributed by atoms with E-state index in [1.807, 2.05) is 6.07 Å². The number of esters is 1. The highest BCUT2D eigenvalue weighted by molar-refractivity contribution is 9.10. The summed E-state index contributed by atoms with van der Waals surface area (Å²) in [4.78, 5) is 11.8. The highest BCUT2D eigenvalue weighted by Crippen LogP contribution is 2.23. The van der Waals surface area contributed by atoms with Gasteiger partial charge in [0.05, 0.1) is 11.3 Å². The van der Waals surface area contributed by atoms with Crippen LogP contribution in [0, 0.1) is 17.7 Å². The predicted octanol–water partition coefficient (Wildman–Crippen LogP) is 4.59. The third-order valence-electron chi connectivity index (χ3n) is 3.21. The topological polar surface area (TPSA) is 65.2 Å². The molecule has 0 spiro atoms. The van der Waals surface area contributed by atoms with Crippen LogP contribution >= 0.6 is 27.7 Å². The summed E-state index contributed by atoms with van der Waals surface area (Å²) in [7, 11) is 0. The minimum atomic E-state index is -0.435. The van der Waals surface area contributed by atoms with Crippen molar-refractivity contribution < 1.29 is 18.3 Å². The van der Waals surface area contributed by atoms with Gasteiger partial charge in [-0.15, -0.1) is 10.2 Å². The summed E-state index contributed by atoms with van der Waals surface area (Å²) in [5, 5.41) is 8.09. The fourth-order valence-electron chi connectivity index (χ4n) is 2.01. The summed E-state index contributed by atoms with van der Waals surface area (Å²) in [6.07, 6.45) is 0. The van der Waals surface area contributed by atoms with Crippen LogP contribution < -0.4 is 0 Å². The molecule has 0 amide bonds. The van der Waals surface area contributed by atoms with Crippen molar-refractivity contribution in [2.24, 2.45) is 0 Å². The molecule has 0 saturated carbocycles. The zero-order chi connectivity index (χ0) is 19.1. The van der Waals surface area contributed by atoms with E-state index in [0.29, 0.717) is 22.1 Å². The van der Waals surface area contributed by atoms with Crippen LogP contribution in [0.2, 0.25) is 0 Å². The van der Waals surface area contributed by atoms with Gasteiger partial charge in [-0.3, -0.25) is 0 Å². The average molecular weight is 447 g/mol. The van der Waals surface area contributed by atoms with Crippen molar-refractivity contribution in [2.45, 2.75) is 5.22 Å². The van der Waals surface area contributed by atoms with Crippen LogP contribution in [0.3, 0.4) is 0 Å². The lowest BCUT2D eigenvalue weighted by Gasteiger charge is -2.00. The van der Waals surface area contributed by atoms with Gasteiger partial charge in [-0.25, -0.2) is 9.18 Å². The molecule has 0 fully saturated rings. The van der Waals surface area contributed by atoms with Gasteiger partial charge >= 0.3 is 5.97 Å². The summed E-state index contributed by atoms with van der Waals surface area (Å²) in [6.45, 7) is -0.00964. The number of aromatic nitrogens is 2. The van der Waals surface area contributed by atoms with E-state index in [2.05, 4.69) is 38.0 Å². The normalized spacial score (nSPS) is 10.1. The first kappa shape index (κ1) is 19.1. The largest absolute Gasteiger partial charge is 0.449 e. The fraction of sp³-hybridized carbons (Fsp3) is 0.105. The Morgan fingerprint density at radius 1 is 1.19 bits per heavy atom. The Labute approximate surface area is 167 Å². The van der Waals surface area contributed by atoms with Gasteiger partial charge in [0.15, 0.2) is 6.61 Å². The van der Waals surface area contributed by atoms with Gasteiger partial charge in [0, 0.05) is 10.0 Å². The summed E-state index contributed by atoms with van der Waals surface area (Å²) < 4.78 is 24.6. The highest BCUT2D eigenvalue weighted by Gasteiger charge is 2.09. The molecule has 0 aliphatic carbocycles. The molecule has 1 aromatic heterocycles. The third-order valence-corrected chi connectivity index (χ3v) is 4.40. The number of thioether (sulfide) groups is 1. The maximum absolute atomic E-state index is 13.2. The second-order valence-corrected chi connectivity index (χ2v) is 6.95. The van der Waals surface area contributed by atoms with Gasteiger partial charge in [0.2, 0.25) is 5.89 Å². The van der Waals surface area contributed by atoms with E-state index in [4.69, 9.17) is 9.15 Å². The molecule has 1 heterocycles. The minimum Gasteiger partial charge on any atom is -0.449 e. The second-order valence-electron chi connectivity index (χ2n) is 5.11. The monoisotopic (exact) mass is 446 g/mol. The Bertz CT molecular complexity index is 1010. The third kappa shape index (κ3) is 5.67. The van der Waals surface area contributed by atoms with Crippen LogP contribution in [-0.2, 0) is 4.74 Å². The molecule has 136 valence electrons. The molecular weight excluding hydrogens is 435 g/mol. The summed E-state index contributed by atoms with van der Waals surface area (Å²) in [5.74, 6) is 5.42. The van der Waals surface area contributed by atoms with Gasteiger partial charge in [-0.05, 0) is 36.4 Å². The van der Waals surface area contributed by atoms with E-state index in [0.717, 1.165) is 4.47 Å². The number of carbonyl (C=O) groups excluding carboxylic acids is 1. The van der Waals surface area contributed by atoms with Crippen molar-refractivity contribution in [1.29, 1.82) is 0 Å². The van der Waals surface area contributed by atoms with Crippen molar-refractivity contribution in [2.75, 3.05) is 12.4 Å². The lowest BCUT2D eigenvalue weighted by molar-refractivity contribution is 0.0556. The van der Waals surface area contributed by atoms with Crippen LogP contribution in [0.1, 0.15) is 10.4 Å². The molecule has 0 radical (unpaired) electrons. The maximum Gasteiger partial charge on any atom is 0.339 e. The van der Waals surface area contributed by atoms with Gasteiger partial charge < -0.3 is 9.15 Å². The van der Waals surface area contributed by atoms with Gasteiger partial charge in [0.1, 0.15) is 5.82 Å². The number of benzene rings is 2. The first-order chi connectivity index (χ1) is 13.1. The molecular formula is C19H12BrFN2O3S. The van der Waals surface area contributed by atoms with Crippen molar-refractivity contribution in [1.82, 2.24) is 10.2 Å². The first-order valence-corrected chi connectivity index (χ1v) is 9.50. The van der Waals surface area contributed by atoms with Crippen LogP contribution in [-0.4, -0.2) is 28.5 Å². The maximum atomic E-state index is 13.2. The Hall–Kier alpha value is -2.63. The van der Waals surface area contributed by atoms with E-state index in [-0.39, 0.29) is 18.3 Å². The Kier molecular flexibility index (Phi) is 6.63. The number of halogens is 2. The number of nitrogens with zero attached hydrogens (tertiary/aromatic N) is 2. The van der Waals surface area contributed by atoms with Crippen molar-refractivity contribution >= 4 is 33.7 Å². The molecule has 0 saturated heterocycles. The lowest BCUT2D eigenvalue weighted by Crippen LogP contribution is -2.05. The van der Waals surface area contributed by atoms with Crippen molar-refractivity contribution in [3.8, 4) is 23.3 Å². The molecule has 0 aliphatic heterocycles. The van der Waals surface area contributed by atoms with Crippen LogP contribution in [0.15, 0.2) is 62.6 Å². The number of ether oxygens (including phenoxy) is 1. The van der Waals surface area contributed by atoms with E-state index < -0.39 is 5.97 Å². The summed E-state index contributed by atoms with van der Waals surface area (Å²) >= 11 is 4.54. The minimum absolute atomic E-state index is 0.00964. The number of rotatable bonds is 5. The number of hydrogen-bond donors (Lipinski definition) is 0. The fourth-order valence-corrected chi connectivity index (χ4v) is 2.94. The SMILES string of the molecule is O=C(OCC#CCSc1nnc(-c2cccc(F)c2)o1)c1cccc(Br)c1. The van der Waals surface area contributed by atoms with E-state index >= 15 is 0 Å². The molecule has 5 nitrogen and oxygen atoms in total. The Morgan fingerprint density at radius 2 is 2.04 bits per heavy atom. The van der Waals surface area contributed by atoms with Gasteiger partial charge in [-0.1, -0.05) is 51.7 Å². The van der Waals surface area contributed by atoms with Crippen LogP contribution in [0.4, 0.5) is 4.39 Å². The van der Waals surface area contributed by atoms with Gasteiger partial charge in [-0.2, -0.15) is 0 Å². The second kappa shape index (κ2) is 9.35. The van der Waals surface area contributed by atoms with E-state index in [1.165, 1.54) is 23.9 Å². The molecule has 0 N–H and O–H groups in total. The van der Waals surface area contributed by atoms with Crippen molar-refractivity contribution in [3.05, 3.63) is 64.4 Å². The molecule has 3 rings (SSSR count). The zero-order valence-corrected chi connectivity index (χ0v) is 16.2. The molecule has 3 aromatic rings. The Morgan fingerprint density at radius 3 is 2.85 bits per heavy atom. The number of hydrogen-bond acceptors (Lipinski definition) is 6. The lowest BCUT2D eigenvalue weighted by atomic mass is 10.2. The first-order valence-electron chi connectivity index (χ1n) is 7.72. The molecule has 0 bridgehead atoms. The predicted molar refractivity (Wildman–Crippen MR) is 103 cm³/mol. The summed E-state index contributed by atoms with van der Waals surface area (Å²) in [6, 6.07) is 12.8. The average Bonchev–Trinajstić information content (AvgIpc) is 3.13. The van der Waals surface area contributed by atoms with Gasteiger partial charge in [0.25, 0.3) is 5.22 Å². The molecule has 0 unspecified atom stereocenters. The highest BCUT2D eigenvalue weighted by atomic mass is 79.9. The molecule has 27 heavy (non-hydrogen) atoms. The molecule has 2 aromatic carbocycles. The Balaban J connectivity index is 1.45. The van der Waals surface area contributed by atoms with E-state index in [9.17, 15) is 9.18 Å². The number of carbonyl (C=O) groups is 1. The molecule has 8 heteroatoms. The standard InChI is InChI=1S/C19H12BrFN2O3S/c20-15-7-3-6-14(11-15)18(24)25-9-1-2-10-27-19-23-22-17(26-19)13-5-4-8-16(21)12-13/h3-8,11-12H,9-10H2. The summed E-state index contributed by atoms with van der Waals surface area (Å²) in [5.41, 5.74) is 0.969. The molecule has 0 atom stereocenters. The van der Waals surface area contributed by atoms with Crippen molar-refractivity contribution in [3.63, 3.8) is 0 Å². The zero-order valence-electron chi connectivity index (χ0n) is 13.8. The molecule has 0 aliphatic rings. The van der Waals surface area contributed by atoms with Crippen LogP contribution in [0.25, 0.3) is 11.5 Å². The van der Waals surface area contributed by atoms with E-state index in [1.54, 1.807) is 30.3 Å². The quantitative estimate of drug-likeness (QED) is 0.324. The smallest absolute Gasteiger partial charge is 0.339 e.